The van der Waals surface area contributed by atoms with Crippen molar-refractivity contribution in [3.8, 4) is 0 Å². The first-order valence-electron chi connectivity index (χ1n) is 4.58. The van der Waals surface area contributed by atoms with E-state index in [1.807, 2.05) is 36.5 Å². The molecule has 0 saturated carbocycles. The molecule has 0 aromatic carbocycles. The second-order valence-corrected chi connectivity index (χ2v) is 3.17. The molecule has 0 bridgehead atoms. The second kappa shape index (κ2) is 3.92. The molecule has 2 N–H and O–H groups in total. The maximum absolute atomic E-state index is 11.0. The van der Waals surface area contributed by atoms with Gasteiger partial charge in [0.05, 0.1) is 11.3 Å². The maximum atomic E-state index is 11.0. The number of nitrogens with two attached hydrogens (primary N) is 1. The first kappa shape index (κ1) is 9.40. The molecule has 1 aliphatic carbocycles. The molecule has 3 heteroatoms. The third kappa shape index (κ3) is 2.02. The lowest BCUT2D eigenvalue weighted by molar-refractivity contribution is 0.1000. The van der Waals surface area contributed by atoms with E-state index in [0.29, 0.717) is 5.56 Å². The molecule has 0 saturated heterocycles. The van der Waals surface area contributed by atoms with Crippen molar-refractivity contribution >= 4 is 18.1 Å². The van der Waals surface area contributed by atoms with Crippen molar-refractivity contribution in [1.29, 1.82) is 0 Å². The number of rotatable bonds is 1. The Balaban J connectivity index is 2.53. The van der Waals surface area contributed by atoms with Gasteiger partial charge in [0.25, 0.3) is 0 Å². The summed E-state index contributed by atoms with van der Waals surface area (Å²) in [6, 6.07) is 1.74. The zero-order chi connectivity index (χ0) is 10.7. The summed E-state index contributed by atoms with van der Waals surface area (Å²) in [6.07, 6.45) is 12.9. The van der Waals surface area contributed by atoms with Crippen LogP contribution in [-0.4, -0.2) is 10.9 Å². The van der Waals surface area contributed by atoms with Gasteiger partial charge in [-0.1, -0.05) is 30.4 Å². The Morgan fingerprint density at radius 3 is 2.60 bits per heavy atom. The van der Waals surface area contributed by atoms with E-state index >= 15 is 0 Å². The highest BCUT2D eigenvalue weighted by Gasteiger charge is 2.04. The van der Waals surface area contributed by atoms with Crippen molar-refractivity contribution in [1.82, 2.24) is 4.98 Å². The van der Waals surface area contributed by atoms with Crippen molar-refractivity contribution in [2.24, 2.45) is 5.73 Å². The van der Waals surface area contributed by atoms with Gasteiger partial charge in [-0.05, 0) is 12.1 Å². The summed E-state index contributed by atoms with van der Waals surface area (Å²) in [5.74, 6) is -0.458. The number of hydrogen-bond acceptors (Lipinski definition) is 2. The number of fused-ring (bicyclic) bond motifs is 1. The van der Waals surface area contributed by atoms with Crippen molar-refractivity contribution in [3.63, 3.8) is 0 Å². The molecule has 0 fully saturated rings. The molecule has 1 aromatic heterocycles. The van der Waals surface area contributed by atoms with Crippen LogP contribution in [0, 0.1) is 0 Å². The Hall–Kier alpha value is -2.16. The van der Waals surface area contributed by atoms with E-state index in [4.69, 9.17) is 5.73 Å². The lowest BCUT2D eigenvalue weighted by atomic mass is 10.1. The van der Waals surface area contributed by atoms with Crippen LogP contribution in [0.3, 0.4) is 0 Å². The van der Waals surface area contributed by atoms with Crippen LogP contribution in [0.4, 0.5) is 0 Å². The highest BCUT2D eigenvalue weighted by molar-refractivity contribution is 5.93. The average Bonchev–Trinajstić information content (AvgIpc) is 2.18. The first-order chi connectivity index (χ1) is 7.27. The van der Waals surface area contributed by atoms with Crippen molar-refractivity contribution < 1.29 is 4.79 Å². The van der Waals surface area contributed by atoms with Gasteiger partial charge < -0.3 is 5.73 Å². The van der Waals surface area contributed by atoms with Gasteiger partial charge >= 0.3 is 0 Å². The van der Waals surface area contributed by atoms with Crippen LogP contribution in [0.15, 0.2) is 36.6 Å². The summed E-state index contributed by atoms with van der Waals surface area (Å²) in [5, 5.41) is 0. The summed E-state index contributed by atoms with van der Waals surface area (Å²) in [4.78, 5) is 15.1. The van der Waals surface area contributed by atoms with Crippen molar-refractivity contribution in [3.05, 3.63) is 53.4 Å². The van der Waals surface area contributed by atoms with E-state index in [-0.39, 0.29) is 0 Å². The van der Waals surface area contributed by atoms with Crippen LogP contribution in [0.2, 0.25) is 0 Å². The fourth-order valence-corrected chi connectivity index (χ4v) is 1.33. The maximum Gasteiger partial charge on any atom is 0.250 e. The summed E-state index contributed by atoms with van der Waals surface area (Å²) in [5.41, 5.74) is 7.34. The van der Waals surface area contributed by atoms with E-state index in [0.717, 1.165) is 11.3 Å². The van der Waals surface area contributed by atoms with Gasteiger partial charge in [0.15, 0.2) is 0 Å². The topological polar surface area (TPSA) is 56.0 Å². The molecule has 0 unspecified atom stereocenters. The molecule has 0 aliphatic heterocycles. The highest BCUT2D eigenvalue weighted by Crippen LogP contribution is 2.14. The zero-order valence-electron chi connectivity index (χ0n) is 8.05. The molecule has 3 nitrogen and oxygen atoms in total. The number of aromatic nitrogens is 1. The molecule has 1 aromatic rings. The van der Waals surface area contributed by atoms with Gasteiger partial charge in [-0.15, -0.1) is 0 Å². The average molecular weight is 198 g/mol. The van der Waals surface area contributed by atoms with Gasteiger partial charge in [0.2, 0.25) is 5.91 Å². The lowest BCUT2D eigenvalue weighted by Gasteiger charge is -2.03. The van der Waals surface area contributed by atoms with Gasteiger partial charge in [-0.2, -0.15) is 0 Å². The first-order valence-corrected chi connectivity index (χ1v) is 4.58. The molecular weight excluding hydrogens is 188 g/mol. The second-order valence-electron chi connectivity index (χ2n) is 3.17. The molecule has 2 rings (SSSR count). The van der Waals surface area contributed by atoms with Gasteiger partial charge in [-0.25, -0.2) is 0 Å². The third-order valence-corrected chi connectivity index (χ3v) is 2.10. The smallest absolute Gasteiger partial charge is 0.250 e. The highest BCUT2D eigenvalue weighted by atomic mass is 16.1. The minimum atomic E-state index is -0.458. The fourth-order valence-electron chi connectivity index (χ4n) is 1.33. The predicted molar refractivity (Wildman–Crippen MR) is 60.0 cm³/mol. The molecule has 0 spiro atoms. The molecule has 1 heterocycles. The number of hydrogen-bond donors (Lipinski definition) is 1. The van der Waals surface area contributed by atoms with E-state index in [9.17, 15) is 4.79 Å². The van der Waals surface area contributed by atoms with Crippen molar-refractivity contribution in [2.75, 3.05) is 0 Å². The van der Waals surface area contributed by atoms with Gasteiger partial charge in [-0.3, -0.25) is 9.78 Å². The number of carbonyl (C=O) groups is 1. The van der Waals surface area contributed by atoms with Crippen LogP contribution in [-0.2, 0) is 0 Å². The quantitative estimate of drug-likeness (QED) is 0.747. The number of carbonyl (C=O) groups excluding carboxylic acids is 1. The Morgan fingerprint density at radius 1 is 1.13 bits per heavy atom. The summed E-state index contributed by atoms with van der Waals surface area (Å²) in [6.45, 7) is 0. The molecule has 1 amide bonds. The van der Waals surface area contributed by atoms with Crippen LogP contribution in [0.1, 0.15) is 21.6 Å². The summed E-state index contributed by atoms with van der Waals surface area (Å²) < 4.78 is 0. The number of amides is 1. The van der Waals surface area contributed by atoms with E-state index < -0.39 is 5.91 Å². The SMILES string of the molecule is NC(=O)c1cnc2c(c1)C=CC=CC=C2. The van der Waals surface area contributed by atoms with Crippen LogP contribution >= 0.6 is 0 Å². The normalized spacial score (nSPS) is 13.1. The van der Waals surface area contributed by atoms with Gasteiger partial charge in [0, 0.05) is 11.8 Å². The van der Waals surface area contributed by atoms with Crippen LogP contribution < -0.4 is 5.73 Å². The van der Waals surface area contributed by atoms with Crippen LogP contribution in [0.5, 0.6) is 0 Å². The van der Waals surface area contributed by atoms with Crippen molar-refractivity contribution in [2.45, 2.75) is 0 Å². The minimum absolute atomic E-state index is 0.427. The molecule has 0 atom stereocenters. The number of nitrogens with zero attached hydrogens (tertiary/aromatic N) is 1. The lowest BCUT2D eigenvalue weighted by Crippen LogP contribution is -2.11. The predicted octanol–water partition coefficient (Wildman–Crippen LogP) is 1.78. The Kier molecular flexibility index (Phi) is 2.46. The Labute approximate surface area is 87.6 Å². The molecule has 74 valence electrons. The van der Waals surface area contributed by atoms with Crippen LogP contribution in [0.25, 0.3) is 12.2 Å². The Morgan fingerprint density at radius 2 is 1.87 bits per heavy atom. The third-order valence-electron chi connectivity index (χ3n) is 2.10. The fraction of sp³-hybridized carbons (Fsp3) is 0. The number of allylic oxidation sites excluding steroid dienone is 4. The summed E-state index contributed by atoms with van der Waals surface area (Å²) >= 11 is 0. The standard InChI is InChI=1S/C12H10N2O/c13-12(15)10-7-9-5-3-1-2-4-6-11(9)14-8-10/h1-8H,(H2,13,15). The molecule has 0 radical (unpaired) electrons. The minimum Gasteiger partial charge on any atom is -0.366 e. The number of primary amides is 1. The number of pyridine rings is 1. The zero-order valence-corrected chi connectivity index (χ0v) is 8.05. The molecule has 1 aliphatic rings. The molecular formula is C12H10N2O. The van der Waals surface area contributed by atoms with Gasteiger partial charge in [0.1, 0.15) is 0 Å². The largest absolute Gasteiger partial charge is 0.366 e. The monoisotopic (exact) mass is 198 g/mol. The summed E-state index contributed by atoms with van der Waals surface area (Å²) in [7, 11) is 0. The van der Waals surface area contributed by atoms with E-state index in [1.165, 1.54) is 6.20 Å². The van der Waals surface area contributed by atoms with E-state index in [2.05, 4.69) is 4.98 Å². The van der Waals surface area contributed by atoms with E-state index in [1.54, 1.807) is 6.07 Å². The Bertz CT molecular complexity index is 484. The molecule has 15 heavy (non-hydrogen) atoms.